The Hall–Kier alpha value is -3.48. The van der Waals surface area contributed by atoms with Gasteiger partial charge in [0.15, 0.2) is 10.9 Å². The van der Waals surface area contributed by atoms with Crippen LogP contribution < -0.4 is 24.8 Å². The highest BCUT2D eigenvalue weighted by Crippen LogP contribution is 2.21. The second kappa shape index (κ2) is 10.4. The number of methoxy groups -OCH3 is 2. The van der Waals surface area contributed by atoms with E-state index in [2.05, 4.69) is 25.3 Å². The summed E-state index contributed by atoms with van der Waals surface area (Å²) in [5, 5.41) is 5.80. The molecule has 0 bridgehead atoms. The minimum atomic E-state index is -3.96. The van der Waals surface area contributed by atoms with Gasteiger partial charge in [-0.05, 0) is 54.7 Å². The van der Waals surface area contributed by atoms with Crippen LogP contribution in [0.5, 0.6) is 11.9 Å². The molecule has 0 saturated heterocycles. The lowest BCUT2D eigenvalue weighted by molar-refractivity contribution is 0.0977. The minimum absolute atomic E-state index is 0.0224. The molecule has 0 radical (unpaired) electrons. The van der Waals surface area contributed by atoms with E-state index in [-0.39, 0.29) is 27.7 Å². The van der Waals surface area contributed by atoms with Crippen LogP contribution in [0.4, 0.5) is 11.5 Å². The predicted molar refractivity (Wildman–Crippen MR) is 128 cm³/mol. The van der Waals surface area contributed by atoms with Crippen LogP contribution >= 0.6 is 23.8 Å². The van der Waals surface area contributed by atoms with Crippen molar-refractivity contribution in [1.82, 2.24) is 15.3 Å². The van der Waals surface area contributed by atoms with Gasteiger partial charge in [-0.3, -0.25) is 14.8 Å². The molecule has 2 aromatic carbocycles. The van der Waals surface area contributed by atoms with Crippen LogP contribution in [0.1, 0.15) is 10.4 Å². The van der Waals surface area contributed by atoms with E-state index in [4.69, 9.17) is 33.3 Å². The van der Waals surface area contributed by atoms with Crippen LogP contribution in [0, 0.1) is 0 Å². The number of amides is 1. The second-order valence-corrected chi connectivity index (χ2v) is 8.86. The Kier molecular flexibility index (Phi) is 7.63. The maximum atomic E-state index is 12.7. The summed E-state index contributed by atoms with van der Waals surface area (Å²) in [6, 6.07) is 13.4. The normalized spacial score (nSPS) is 10.8. The van der Waals surface area contributed by atoms with E-state index in [0.717, 1.165) is 0 Å². The maximum absolute atomic E-state index is 12.7. The number of sulfonamides is 1. The lowest BCUT2D eigenvalue weighted by atomic mass is 10.2. The highest BCUT2D eigenvalue weighted by atomic mass is 35.5. The number of carbonyl (C=O) groups is 1. The molecule has 0 aliphatic heterocycles. The Morgan fingerprint density at radius 3 is 2.39 bits per heavy atom. The third-order valence-electron chi connectivity index (χ3n) is 4.05. The highest BCUT2D eigenvalue weighted by Gasteiger charge is 2.17. The standard InChI is InChI=1S/C20H18ClN5O5S2/c1-30-17-11-16(23-19(24-17)31-2)26-33(28,29)15-8-6-14(7-9-15)22-20(32)25-18(27)12-4-3-5-13(21)10-12/h3-11H,1-2H3,(H,23,24,26)(H2,22,25,27,32). The quantitative estimate of drug-likeness (QED) is 0.413. The summed E-state index contributed by atoms with van der Waals surface area (Å²) in [5.41, 5.74) is 0.813. The van der Waals surface area contributed by atoms with Crippen LogP contribution in [0.25, 0.3) is 0 Å². The van der Waals surface area contributed by atoms with E-state index in [1.807, 2.05) is 0 Å². The van der Waals surface area contributed by atoms with Gasteiger partial charge in [-0.25, -0.2) is 8.42 Å². The average Bonchev–Trinajstić information content (AvgIpc) is 2.78. The van der Waals surface area contributed by atoms with E-state index in [0.29, 0.717) is 16.3 Å². The maximum Gasteiger partial charge on any atom is 0.321 e. The van der Waals surface area contributed by atoms with Gasteiger partial charge in [-0.15, -0.1) is 0 Å². The molecule has 0 aliphatic rings. The molecular formula is C20H18ClN5O5S2. The zero-order chi connectivity index (χ0) is 24.0. The fourth-order valence-electron chi connectivity index (χ4n) is 2.53. The van der Waals surface area contributed by atoms with Crippen molar-refractivity contribution in [2.45, 2.75) is 4.90 Å². The minimum Gasteiger partial charge on any atom is -0.481 e. The zero-order valence-electron chi connectivity index (χ0n) is 17.3. The van der Waals surface area contributed by atoms with Gasteiger partial charge in [0, 0.05) is 22.3 Å². The summed E-state index contributed by atoms with van der Waals surface area (Å²) < 4.78 is 37.7. The average molecular weight is 508 g/mol. The largest absolute Gasteiger partial charge is 0.481 e. The smallest absolute Gasteiger partial charge is 0.321 e. The molecule has 1 amide bonds. The van der Waals surface area contributed by atoms with Gasteiger partial charge >= 0.3 is 6.01 Å². The van der Waals surface area contributed by atoms with E-state index in [9.17, 15) is 13.2 Å². The molecule has 0 atom stereocenters. The Morgan fingerprint density at radius 2 is 1.76 bits per heavy atom. The van der Waals surface area contributed by atoms with Crippen molar-refractivity contribution in [3.05, 3.63) is 65.2 Å². The first-order chi connectivity index (χ1) is 15.7. The Labute approximate surface area is 200 Å². The number of nitrogens with zero attached hydrogens (tertiary/aromatic N) is 2. The van der Waals surface area contributed by atoms with Gasteiger partial charge in [0.1, 0.15) is 0 Å². The molecule has 1 aromatic heterocycles. The van der Waals surface area contributed by atoms with Gasteiger partial charge in [-0.2, -0.15) is 9.97 Å². The molecule has 33 heavy (non-hydrogen) atoms. The summed E-state index contributed by atoms with van der Waals surface area (Å²) in [4.78, 5) is 20.1. The molecule has 0 fully saturated rings. The molecule has 3 aromatic rings. The molecule has 172 valence electrons. The summed E-state index contributed by atoms with van der Waals surface area (Å²) in [5.74, 6) is -0.327. The number of aromatic nitrogens is 2. The van der Waals surface area contributed by atoms with Gasteiger partial charge in [0.05, 0.1) is 19.1 Å². The van der Waals surface area contributed by atoms with Crippen molar-refractivity contribution in [2.75, 3.05) is 24.3 Å². The van der Waals surface area contributed by atoms with Gasteiger partial charge in [-0.1, -0.05) is 17.7 Å². The molecule has 1 heterocycles. The van der Waals surface area contributed by atoms with Gasteiger partial charge in [0.2, 0.25) is 5.88 Å². The zero-order valence-corrected chi connectivity index (χ0v) is 19.7. The number of rotatable bonds is 7. The van der Waals surface area contributed by atoms with Gasteiger partial charge in [0.25, 0.3) is 15.9 Å². The third kappa shape index (κ3) is 6.51. The van der Waals surface area contributed by atoms with Crippen LogP contribution in [0.15, 0.2) is 59.5 Å². The number of benzene rings is 2. The number of carbonyl (C=O) groups excluding carboxylic acids is 1. The van der Waals surface area contributed by atoms with Crippen molar-refractivity contribution >= 4 is 56.4 Å². The van der Waals surface area contributed by atoms with Crippen LogP contribution in [0.3, 0.4) is 0 Å². The molecule has 0 unspecified atom stereocenters. The van der Waals surface area contributed by atoms with Crippen LogP contribution in [-0.2, 0) is 10.0 Å². The second-order valence-electron chi connectivity index (χ2n) is 6.33. The monoisotopic (exact) mass is 507 g/mol. The van der Waals surface area contributed by atoms with E-state index in [1.54, 1.807) is 18.2 Å². The highest BCUT2D eigenvalue weighted by molar-refractivity contribution is 7.92. The first-order valence-electron chi connectivity index (χ1n) is 9.18. The van der Waals surface area contributed by atoms with Crippen molar-refractivity contribution < 1.29 is 22.7 Å². The Morgan fingerprint density at radius 1 is 1.03 bits per heavy atom. The number of hydrogen-bond donors (Lipinski definition) is 3. The number of thiocarbonyl (C=S) groups is 1. The Balaban J connectivity index is 1.66. The van der Waals surface area contributed by atoms with Crippen molar-refractivity contribution in [1.29, 1.82) is 0 Å². The van der Waals surface area contributed by atoms with Crippen molar-refractivity contribution in [3.8, 4) is 11.9 Å². The first kappa shape index (κ1) is 24.2. The van der Waals surface area contributed by atoms with Crippen molar-refractivity contribution in [3.63, 3.8) is 0 Å². The number of halogens is 1. The third-order valence-corrected chi connectivity index (χ3v) is 5.86. The summed E-state index contributed by atoms with van der Waals surface area (Å²) in [7, 11) is -1.23. The number of anilines is 2. The number of ether oxygens (including phenoxy) is 2. The molecule has 3 rings (SSSR count). The molecule has 3 N–H and O–H groups in total. The molecule has 0 aliphatic carbocycles. The van der Waals surface area contributed by atoms with E-state index in [1.165, 1.54) is 50.6 Å². The van der Waals surface area contributed by atoms with Crippen LogP contribution in [0.2, 0.25) is 5.02 Å². The SMILES string of the molecule is COc1cc(NS(=O)(=O)c2ccc(NC(=S)NC(=O)c3cccc(Cl)c3)cc2)nc(OC)n1. The number of nitrogens with one attached hydrogen (secondary N) is 3. The van der Waals surface area contributed by atoms with Crippen molar-refractivity contribution in [2.24, 2.45) is 0 Å². The molecule has 13 heteroatoms. The predicted octanol–water partition coefficient (Wildman–Crippen LogP) is 3.07. The van der Waals surface area contributed by atoms with E-state index < -0.39 is 15.9 Å². The lowest BCUT2D eigenvalue weighted by Crippen LogP contribution is -2.34. The van der Waals surface area contributed by atoms with Crippen LogP contribution in [-0.4, -0.2) is 43.6 Å². The topological polar surface area (TPSA) is 132 Å². The molecule has 0 saturated carbocycles. The molecule has 0 spiro atoms. The fourth-order valence-corrected chi connectivity index (χ4v) is 3.93. The molecular weight excluding hydrogens is 490 g/mol. The first-order valence-corrected chi connectivity index (χ1v) is 11.4. The Bertz CT molecular complexity index is 1260. The lowest BCUT2D eigenvalue weighted by Gasteiger charge is -2.12. The van der Waals surface area contributed by atoms with E-state index >= 15 is 0 Å². The fraction of sp³-hybridized carbons (Fsp3) is 0.100. The summed E-state index contributed by atoms with van der Waals surface area (Å²) >= 11 is 11.0. The molecule has 10 nitrogen and oxygen atoms in total. The summed E-state index contributed by atoms with van der Waals surface area (Å²) in [6.07, 6.45) is 0. The summed E-state index contributed by atoms with van der Waals surface area (Å²) in [6.45, 7) is 0. The van der Waals surface area contributed by atoms with Gasteiger partial charge < -0.3 is 14.8 Å². The number of hydrogen-bond acceptors (Lipinski definition) is 8.